The van der Waals surface area contributed by atoms with Gasteiger partial charge in [0.25, 0.3) is 0 Å². The van der Waals surface area contributed by atoms with Gasteiger partial charge in [-0.3, -0.25) is 19.4 Å². The average molecular weight is 449 g/mol. The molecule has 0 aromatic carbocycles. The highest BCUT2D eigenvalue weighted by Gasteiger charge is 2.63. The number of carbonyl (C=O) groups excluding carboxylic acids is 3. The number of esters is 1. The molecule has 6 atom stereocenters. The van der Waals surface area contributed by atoms with Crippen molar-refractivity contribution < 1.29 is 23.9 Å². The molecule has 3 aliphatic carbocycles. The third kappa shape index (κ3) is 3.33. The summed E-state index contributed by atoms with van der Waals surface area (Å²) < 4.78 is 12.5. The maximum absolute atomic E-state index is 12.7. The van der Waals surface area contributed by atoms with Crippen molar-refractivity contribution in [2.75, 3.05) is 0 Å². The highest BCUT2D eigenvalue weighted by molar-refractivity contribution is 6.02. The minimum absolute atomic E-state index is 0.0126. The fraction of sp³-hybridized carbons (Fsp3) is 0.462. The van der Waals surface area contributed by atoms with Gasteiger partial charge in [0.05, 0.1) is 11.5 Å². The zero-order valence-corrected chi connectivity index (χ0v) is 19.0. The van der Waals surface area contributed by atoms with Crippen molar-refractivity contribution in [1.29, 1.82) is 0 Å². The SMILES string of the molecule is CC(=O)OC1(C)C[C@H]2[C@@H]3OC4=C(C=C3C=C[C@]2(C)[C@H]1c1cccnc1)C(=O)CC(C(N)=O)C4. The molecular weight excluding hydrogens is 420 g/mol. The summed E-state index contributed by atoms with van der Waals surface area (Å²) in [5, 5.41) is 0. The lowest BCUT2D eigenvalue weighted by Gasteiger charge is -2.45. The van der Waals surface area contributed by atoms with Gasteiger partial charge in [0.2, 0.25) is 5.91 Å². The third-order valence-corrected chi connectivity index (χ3v) is 7.83. The molecule has 7 nitrogen and oxygen atoms in total. The van der Waals surface area contributed by atoms with E-state index in [2.05, 4.69) is 18.0 Å². The molecule has 33 heavy (non-hydrogen) atoms. The molecule has 4 aliphatic rings. The van der Waals surface area contributed by atoms with E-state index in [0.29, 0.717) is 24.2 Å². The van der Waals surface area contributed by atoms with E-state index >= 15 is 0 Å². The molecule has 7 heteroatoms. The van der Waals surface area contributed by atoms with Crippen LogP contribution in [0.4, 0.5) is 0 Å². The zero-order chi connectivity index (χ0) is 23.5. The Kier molecular flexibility index (Phi) is 4.85. The molecular formula is C26H28N2O5. The van der Waals surface area contributed by atoms with Crippen LogP contribution in [0, 0.1) is 17.3 Å². The van der Waals surface area contributed by atoms with E-state index in [9.17, 15) is 14.4 Å². The molecule has 5 rings (SSSR count). The number of aromatic nitrogens is 1. The predicted molar refractivity (Wildman–Crippen MR) is 119 cm³/mol. The molecule has 1 saturated carbocycles. The number of hydrogen-bond donors (Lipinski definition) is 1. The summed E-state index contributed by atoms with van der Waals surface area (Å²) in [7, 11) is 0. The van der Waals surface area contributed by atoms with E-state index in [0.717, 1.165) is 11.1 Å². The Balaban J connectivity index is 1.57. The van der Waals surface area contributed by atoms with Gasteiger partial charge in [-0.2, -0.15) is 0 Å². The molecule has 0 saturated heterocycles. The molecule has 0 bridgehead atoms. The van der Waals surface area contributed by atoms with Gasteiger partial charge in [0.1, 0.15) is 17.5 Å². The zero-order valence-electron chi connectivity index (χ0n) is 19.0. The van der Waals surface area contributed by atoms with E-state index < -0.39 is 17.4 Å². The number of ketones is 1. The maximum Gasteiger partial charge on any atom is 0.303 e. The number of nitrogens with zero attached hydrogens (tertiary/aromatic N) is 1. The van der Waals surface area contributed by atoms with Crippen molar-refractivity contribution in [3.63, 3.8) is 0 Å². The molecule has 1 aromatic heterocycles. The molecule has 2 N–H and O–H groups in total. The van der Waals surface area contributed by atoms with Crippen molar-refractivity contribution in [3.05, 3.63) is 65.2 Å². The van der Waals surface area contributed by atoms with Crippen molar-refractivity contribution >= 4 is 17.7 Å². The molecule has 1 fully saturated rings. The van der Waals surface area contributed by atoms with E-state index in [4.69, 9.17) is 15.2 Å². The van der Waals surface area contributed by atoms with Gasteiger partial charge in [-0.1, -0.05) is 25.1 Å². The maximum atomic E-state index is 12.7. The Labute approximate surface area is 192 Å². The number of nitrogens with two attached hydrogens (primary N) is 1. The minimum Gasteiger partial charge on any atom is -0.489 e. The van der Waals surface area contributed by atoms with Gasteiger partial charge in [0, 0.05) is 49.4 Å². The van der Waals surface area contributed by atoms with E-state index in [-0.39, 0.29) is 41.5 Å². The molecule has 1 aromatic rings. The molecule has 1 amide bonds. The number of ether oxygens (including phenoxy) is 2. The summed E-state index contributed by atoms with van der Waals surface area (Å²) in [5.41, 5.74) is 6.83. The summed E-state index contributed by atoms with van der Waals surface area (Å²) >= 11 is 0. The van der Waals surface area contributed by atoms with Crippen LogP contribution in [0.15, 0.2) is 59.7 Å². The molecule has 2 unspecified atom stereocenters. The Hall–Kier alpha value is -3.22. The Morgan fingerprint density at radius 2 is 2.06 bits per heavy atom. The summed E-state index contributed by atoms with van der Waals surface area (Å²) in [5.74, 6) is -1.07. The van der Waals surface area contributed by atoms with Crippen LogP contribution >= 0.6 is 0 Å². The van der Waals surface area contributed by atoms with Gasteiger partial charge < -0.3 is 15.2 Å². The van der Waals surface area contributed by atoms with Crippen LogP contribution in [-0.2, 0) is 23.9 Å². The van der Waals surface area contributed by atoms with Gasteiger partial charge in [-0.05, 0) is 36.6 Å². The number of amides is 1. The molecule has 2 heterocycles. The summed E-state index contributed by atoms with van der Waals surface area (Å²) in [6.45, 7) is 5.58. The van der Waals surface area contributed by atoms with Gasteiger partial charge in [-0.15, -0.1) is 0 Å². The van der Waals surface area contributed by atoms with Gasteiger partial charge >= 0.3 is 5.97 Å². The Bertz CT molecular complexity index is 1140. The number of primary amides is 1. The van der Waals surface area contributed by atoms with Crippen LogP contribution in [0.5, 0.6) is 0 Å². The summed E-state index contributed by atoms with van der Waals surface area (Å²) in [4.78, 5) is 40.9. The minimum atomic E-state index is -0.760. The summed E-state index contributed by atoms with van der Waals surface area (Å²) in [6.07, 6.45) is 10.4. The molecule has 0 radical (unpaired) electrons. The second kappa shape index (κ2) is 7.40. The van der Waals surface area contributed by atoms with Crippen molar-refractivity contribution in [1.82, 2.24) is 4.98 Å². The predicted octanol–water partition coefficient (Wildman–Crippen LogP) is 3.13. The quantitative estimate of drug-likeness (QED) is 0.712. The van der Waals surface area contributed by atoms with Crippen LogP contribution in [-0.4, -0.2) is 34.3 Å². The van der Waals surface area contributed by atoms with Crippen LogP contribution in [0.1, 0.15) is 51.5 Å². The van der Waals surface area contributed by atoms with E-state index in [1.54, 1.807) is 6.20 Å². The fourth-order valence-corrected chi connectivity index (χ4v) is 6.56. The molecule has 1 aliphatic heterocycles. The monoisotopic (exact) mass is 448 g/mol. The fourth-order valence-electron chi connectivity index (χ4n) is 6.56. The normalized spacial score (nSPS) is 36.8. The highest BCUT2D eigenvalue weighted by atomic mass is 16.6. The number of Topliss-reactive ketones (excluding diaryl/α,β-unsaturated/α-hetero) is 1. The standard InChI is InChI=1S/C26H28N2O5/c1-14(29)33-26(3)12-19-22-15(6-7-25(19,2)23(26)16-5-4-8-28-13-16)9-18-20(30)10-17(24(27)31)11-21(18)32-22/h4-9,13,17,19,22-23H,10-12H2,1-3H3,(H2,27,31)/t17?,19-,22+,23+,25-,26?/m0/s1. The smallest absolute Gasteiger partial charge is 0.303 e. The number of allylic oxidation sites excluding steroid dienone is 4. The largest absolute Gasteiger partial charge is 0.489 e. The lowest BCUT2D eigenvalue weighted by molar-refractivity contribution is -0.157. The van der Waals surface area contributed by atoms with Gasteiger partial charge in [-0.25, -0.2) is 0 Å². The van der Waals surface area contributed by atoms with Gasteiger partial charge in [0.15, 0.2) is 5.78 Å². The lowest BCUT2D eigenvalue weighted by Crippen LogP contribution is -2.42. The number of pyridine rings is 1. The van der Waals surface area contributed by atoms with Crippen LogP contribution in [0.2, 0.25) is 0 Å². The van der Waals surface area contributed by atoms with Crippen molar-refractivity contribution in [2.45, 2.75) is 57.7 Å². The molecule has 172 valence electrons. The lowest BCUT2D eigenvalue weighted by atomic mass is 9.64. The third-order valence-electron chi connectivity index (χ3n) is 7.83. The van der Waals surface area contributed by atoms with Crippen LogP contribution in [0.25, 0.3) is 0 Å². The van der Waals surface area contributed by atoms with Crippen molar-refractivity contribution in [2.24, 2.45) is 23.0 Å². The average Bonchev–Trinajstić information content (AvgIpc) is 2.99. The number of fused-ring (bicyclic) bond motifs is 3. The first-order valence-electron chi connectivity index (χ1n) is 11.3. The summed E-state index contributed by atoms with van der Waals surface area (Å²) in [6, 6.07) is 3.91. The Morgan fingerprint density at radius 3 is 2.73 bits per heavy atom. The number of carbonyl (C=O) groups is 3. The topological polar surface area (TPSA) is 109 Å². The van der Waals surface area contributed by atoms with Crippen LogP contribution in [0.3, 0.4) is 0 Å². The van der Waals surface area contributed by atoms with Crippen LogP contribution < -0.4 is 5.73 Å². The van der Waals surface area contributed by atoms with E-state index in [1.807, 2.05) is 37.4 Å². The number of hydrogen-bond acceptors (Lipinski definition) is 6. The second-order valence-corrected chi connectivity index (χ2v) is 10.1. The highest BCUT2D eigenvalue weighted by Crippen LogP contribution is 2.64. The Morgan fingerprint density at radius 1 is 1.27 bits per heavy atom. The first-order chi connectivity index (χ1) is 15.6. The molecule has 0 spiro atoms. The first-order valence-corrected chi connectivity index (χ1v) is 11.3. The first kappa shape index (κ1) is 21.6. The van der Waals surface area contributed by atoms with Crippen molar-refractivity contribution in [3.8, 4) is 0 Å². The number of rotatable bonds is 3. The van der Waals surface area contributed by atoms with E-state index in [1.165, 1.54) is 6.92 Å². The second-order valence-electron chi connectivity index (χ2n) is 10.1.